The van der Waals surface area contributed by atoms with Gasteiger partial charge in [0.25, 0.3) is 5.91 Å². The van der Waals surface area contributed by atoms with E-state index in [0.29, 0.717) is 25.1 Å². The lowest BCUT2D eigenvalue weighted by atomic mass is 10.0. The Bertz CT molecular complexity index is 815. The highest BCUT2D eigenvalue weighted by Gasteiger charge is 2.27. The lowest BCUT2D eigenvalue weighted by Gasteiger charge is -2.24. The van der Waals surface area contributed by atoms with Crippen molar-refractivity contribution >= 4 is 11.6 Å². The molecule has 6 heteroatoms. The number of carbonyl (C=O) groups is 1. The molecule has 0 N–H and O–H groups in total. The number of rotatable bonds is 8. The van der Waals surface area contributed by atoms with E-state index in [4.69, 9.17) is 14.3 Å². The van der Waals surface area contributed by atoms with Gasteiger partial charge in [0, 0.05) is 18.5 Å². The van der Waals surface area contributed by atoms with Gasteiger partial charge in [0.15, 0.2) is 6.10 Å². The Labute approximate surface area is 165 Å². The first kappa shape index (κ1) is 19.7. The third kappa shape index (κ3) is 4.63. The second-order valence-electron chi connectivity index (χ2n) is 6.68. The summed E-state index contributed by atoms with van der Waals surface area (Å²) < 4.78 is 10.4. The second-order valence-corrected chi connectivity index (χ2v) is 6.68. The zero-order valence-corrected chi connectivity index (χ0v) is 16.6. The number of amides is 1. The first-order valence-electron chi connectivity index (χ1n) is 9.45. The van der Waals surface area contributed by atoms with Gasteiger partial charge in [0.2, 0.25) is 0 Å². The van der Waals surface area contributed by atoms with Crippen LogP contribution in [0, 0.1) is 0 Å². The van der Waals surface area contributed by atoms with Crippen LogP contribution >= 0.6 is 0 Å². The number of hydrogen-bond acceptors (Lipinski definition) is 5. The lowest BCUT2D eigenvalue weighted by molar-refractivity contribution is 0.0423. The molecule has 0 aromatic heterocycles. The molecule has 3 rings (SSSR count). The molecule has 0 spiro atoms. The zero-order chi connectivity index (χ0) is 19.9. The van der Waals surface area contributed by atoms with Gasteiger partial charge >= 0.3 is 0 Å². The van der Waals surface area contributed by atoms with Gasteiger partial charge in [0.1, 0.15) is 11.5 Å². The summed E-state index contributed by atoms with van der Waals surface area (Å²) >= 11 is 0. The maximum Gasteiger partial charge on any atom is 0.253 e. The summed E-state index contributed by atoms with van der Waals surface area (Å²) in [7, 11) is 3.25. The highest BCUT2D eigenvalue weighted by atomic mass is 16.6. The van der Waals surface area contributed by atoms with Gasteiger partial charge in [-0.3, -0.25) is 4.79 Å². The van der Waals surface area contributed by atoms with Gasteiger partial charge in [0.05, 0.1) is 26.5 Å². The smallest absolute Gasteiger partial charge is 0.253 e. The minimum atomic E-state index is -0.147. The molecule has 2 aromatic carbocycles. The van der Waals surface area contributed by atoms with E-state index in [9.17, 15) is 4.79 Å². The van der Waals surface area contributed by atoms with Crippen LogP contribution in [0.5, 0.6) is 11.5 Å². The molecule has 6 nitrogen and oxygen atoms in total. The molecule has 0 fully saturated rings. The Morgan fingerprint density at radius 2 is 1.68 bits per heavy atom. The fourth-order valence-electron chi connectivity index (χ4n) is 3.19. The average molecular weight is 382 g/mol. The molecule has 0 bridgehead atoms. The topological polar surface area (TPSA) is 60.4 Å². The van der Waals surface area contributed by atoms with E-state index >= 15 is 0 Å². The Morgan fingerprint density at radius 3 is 2.25 bits per heavy atom. The van der Waals surface area contributed by atoms with Crippen molar-refractivity contribution in [2.24, 2.45) is 5.16 Å². The molecule has 0 unspecified atom stereocenters. The van der Waals surface area contributed by atoms with E-state index in [2.05, 4.69) is 12.1 Å². The maximum atomic E-state index is 12.9. The first-order valence-corrected chi connectivity index (χ1v) is 9.45. The predicted molar refractivity (Wildman–Crippen MR) is 108 cm³/mol. The SMILES string of the molecule is CCCN(C[C@H]1CC(c2ccc(OC)cc2)=NO1)C(=O)c1ccc(OC)cc1. The van der Waals surface area contributed by atoms with Crippen molar-refractivity contribution in [2.45, 2.75) is 25.9 Å². The Morgan fingerprint density at radius 1 is 1.07 bits per heavy atom. The molecule has 148 valence electrons. The van der Waals surface area contributed by atoms with Crippen LogP contribution in [0.4, 0.5) is 0 Å². The lowest BCUT2D eigenvalue weighted by Crippen LogP contribution is -2.38. The third-order valence-electron chi connectivity index (χ3n) is 4.70. The number of nitrogens with zero attached hydrogens (tertiary/aromatic N) is 2. The fourth-order valence-corrected chi connectivity index (χ4v) is 3.19. The minimum Gasteiger partial charge on any atom is -0.497 e. The van der Waals surface area contributed by atoms with Crippen molar-refractivity contribution in [1.29, 1.82) is 0 Å². The number of carbonyl (C=O) groups excluding carboxylic acids is 1. The number of methoxy groups -OCH3 is 2. The summed E-state index contributed by atoms with van der Waals surface area (Å²) in [5.74, 6) is 1.53. The molecule has 1 atom stereocenters. The minimum absolute atomic E-state index is 0.00833. The molecular weight excluding hydrogens is 356 g/mol. The Balaban J connectivity index is 1.63. The van der Waals surface area contributed by atoms with Crippen molar-refractivity contribution in [3.05, 3.63) is 59.7 Å². The van der Waals surface area contributed by atoms with E-state index in [0.717, 1.165) is 29.2 Å². The van der Waals surface area contributed by atoms with Crippen molar-refractivity contribution < 1.29 is 19.1 Å². The van der Waals surface area contributed by atoms with E-state index in [1.807, 2.05) is 29.2 Å². The van der Waals surface area contributed by atoms with Crippen molar-refractivity contribution in [3.8, 4) is 11.5 Å². The Kier molecular flexibility index (Phi) is 6.53. The maximum absolute atomic E-state index is 12.9. The third-order valence-corrected chi connectivity index (χ3v) is 4.70. The molecule has 2 aromatic rings. The van der Waals surface area contributed by atoms with Crippen molar-refractivity contribution in [3.63, 3.8) is 0 Å². The van der Waals surface area contributed by atoms with E-state index < -0.39 is 0 Å². The van der Waals surface area contributed by atoms with Gasteiger partial charge in [-0.05, 0) is 60.5 Å². The van der Waals surface area contributed by atoms with E-state index in [-0.39, 0.29) is 12.0 Å². The first-order chi connectivity index (χ1) is 13.6. The molecular formula is C22H26N2O4. The van der Waals surface area contributed by atoms with Crippen LogP contribution in [0.3, 0.4) is 0 Å². The molecule has 1 amide bonds. The van der Waals surface area contributed by atoms with Gasteiger partial charge in [-0.1, -0.05) is 12.1 Å². The van der Waals surface area contributed by atoms with Crippen LogP contribution in [0.25, 0.3) is 0 Å². The van der Waals surface area contributed by atoms with E-state index in [1.165, 1.54) is 0 Å². The summed E-state index contributed by atoms with van der Waals surface area (Å²) in [4.78, 5) is 20.4. The van der Waals surface area contributed by atoms with Crippen LogP contribution in [-0.4, -0.2) is 49.9 Å². The largest absolute Gasteiger partial charge is 0.497 e. The van der Waals surface area contributed by atoms with Crippen molar-refractivity contribution in [1.82, 2.24) is 4.90 Å². The molecule has 1 aliphatic heterocycles. The highest BCUT2D eigenvalue weighted by molar-refractivity contribution is 6.01. The summed E-state index contributed by atoms with van der Waals surface area (Å²) in [6.07, 6.45) is 1.40. The van der Waals surface area contributed by atoms with Crippen LogP contribution in [0.15, 0.2) is 53.7 Å². The molecule has 0 radical (unpaired) electrons. The average Bonchev–Trinajstić information content (AvgIpc) is 3.21. The predicted octanol–water partition coefficient (Wildman–Crippen LogP) is 3.75. The standard InChI is InChI=1S/C22H26N2O4/c1-4-13-24(22(25)17-7-11-19(27-3)12-8-17)15-20-14-21(23-28-20)16-5-9-18(26-2)10-6-16/h5-12,20H,4,13-15H2,1-3H3/t20-/m1/s1. The summed E-state index contributed by atoms with van der Waals surface area (Å²) in [6, 6.07) is 14.9. The fraction of sp³-hybridized carbons (Fsp3) is 0.364. The van der Waals surface area contributed by atoms with Crippen LogP contribution in [-0.2, 0) is 4.84 Å². The quantitative estimate of drug-likeness (QED) is 0.698. The van der Waals surface area contributed by atoms with Gasteiger partial charge in [-0.15, -0.1) is 0 Å². The van der Waals surface area contributed by atoms with Gasteiger partial charge in [-0.2, -0.15) is 0 Å². The van der Waals surface area contributed by atoms with E-state index in [1.54, 1.807) is 38.5 Å². The van der Waals surface area contributed by atoms with Crippen LogP contribution < -0.4 is 9.47 Å². The monoisotopic (exact) mass is 382 g/mol. The van der Waals surface area contributed by atoms with Crippen molar-refractivity contribution in [2.75, 3.05) is 27.3 Å². The summed E-state index contributed by atoms with van der Waals surface area (Å²) in [5.41, 5.74) is 2.54. The summed E-state index contributed by atoms with van der Waals surface area (Å²) in [6.45, 7) is 3.23. The normalized spacial score (nSPS) is 15.5. The number of hydrogen-bond donors (Lipinski definition) is 0. The number of benzene rings is 2. The van der Waals surface area contributed by atoms with Gasteiger partial charge < -0.3 is 19.2 Å². The molecule has 0 saturated heterocycles. The number of ether oxygens (including phenoxy) is 2. The molecule has 1 aliphatic rings. The number of oxime groups is 1. The highest BCUT2D eigenvalue weighted by Crippen LogP contribution is 2.21. The second kappa shape index (κ2) is 9.26. The van der Waals surface area contributed by atoms with Crippen LogP contribution in [0.1, 0.15) is 35.7 Å². The molecule has 0 saturated carbocycles. The Hall–Kier alpha value is -3.02. The molecule has 1 heterocycles. The molecule has 0 aliphatic carbocycles. The van der Waals surface area contributed by atoms with Gasteiger partial charge in [-0.25, -0.2) is 0 Å². The zero-order valence-electron chi connectivity index (χ0n) is 16.6. The van der Waals surface area contributed by atoms with Crippen LogP contribution in [0.2, 0.25) is 0 Å². The summed E-state index contributed by atoms with van der Waals surface area (Å²) in [5, 5.41) is 4.23. The molecule has 28 heavy (non-hydrogen) atoms.